The molecule has 6 unspecified atom stereocenters. The van der Waals surface area contributed by atoms with Crippen molar-refractivity contribution in [3.63, 3.8) is 0 Å². The molecule has 1 heterocycles. The van der Waals surface area contributed by atoms with Crippen LogP contribution in [0, 0.1) is 0 Å². The minimum atomic E-state index is -1.94. The second kappa shape index (κ2) is 55.6. The van der Waals surface area contributed by atoms with Gasteiger partial charge in [0, 0.05) is 19.3 Å². The molecule has 0 radical (unpaired) electrons. The van der Waals surface area contributed by atoms with Gasteiger partial charge in [0.15, 0.2) is 24.6 Å². The molecule has 0 aliphatic carbocycles. The lowest BCUT2D eigenvalue weighted by molar-refractivity contribution is -0.301. The van der Waals surface area contributed by atoms with Crippen molar-refractivity contribution in [3.05, 3.63) is 122 Å². The van der Waals surface area contributed by atoms with Crippen molar-refractivity contribution < 1.29 is 58.2 Å². The molecule has 0 bridgehead atoms. The molecule has 1 fully saturated rings. The van der Waals surface area contributed by atoms with E-state index in [2.05, 4.69) is 124 Å². The largest absolute Gasteiger partial charge is 0.479 e. The number of hydrogen-bond donors (Lipinski definition) is 3. The fourth-order valence-corrected chi connectivity index (χ4v) is 8.76. The lowest BCUT2D eigenvalue weighted by Crippen LogP contribution is -2.61. The molecule has 6 atom stereocenters. The summed E-state index contributed by atoms with van der Waals surface area (Å²) in [4.78, 5) is 51.2. The molecule has 12 heteroatoms. The van der Waals surface area contributed by atoms with E-state index in [-0.39, 0.29) is 25.9 Å². The lowest BCUT2D eigenvalue weighted by atomic mass is 9.98. The highest BCUT2D eigenvalue weighted by molar-refractivity contribution is 5.74. The van der Waals surface area contributed by atoms with Crippen LogP contribution in [0.1, 0.15) is 239 Å². The Kier molecular flexibility index (Phi) is 50.9. The van der Waals surface area contributed by atoms with Crippen LogP contribution in [0.15, 0.2) is 122 Å². The van der Waals surface area contributed by atoms with Gasteiger partial charge in [0.25, 0.3) is 0 Å². The maximum atomic E-state index is 13.2. The quantitative estimate of drug-likeness (QED) is 0.0228. The van der Waals surface area contributed by atoms with E-state index in [9.17, 15) is 34.5 Å². The van der Waals surface area contributed by atoms with Gasteiger partial charge >= 0.3 is 23.9 Å². The van der Waals surface area contributed by atoms with Crippen molar-refractivity contribution in [2.24, 2.45) is 0 Å². The average molecular weight is 1130 g/mol. The number of carbonyl (C=O) groups excluding carboxylic acids is 3. The van der Waals surface area contributed by atoms with Crippen molar-refractivity contribution in [1.82, 2.24) is 0 Å². The summed E-state index contributed by atoms with van der Waals surface area (Å²) in [5.74, 6) is -3.26. The van der Waals surface area contributed by atoms with Gasteiger partial charge in [-0.3, -0.25) is 14.4 Å². The van der Waals surface area contributed by atoms with Crippen LogP contribution >= 0.6 is 0 Å². The summed E-state index contributed by atoms with van der Waals surface area (Å²) < 4.78 is 28.4. The first-order chi connectivity index (χ1) is 39.6. The second-order valence-corrected chi connectivity index (χ2v) is 20.9. The Balaban J connectivity index is 2.73. The number of ether oxygens (including phenoxy) is 5. The maximum Gasteiger partial charge on any atom is 0.335 e. The number of carboxylic acids is 1. The number of unbranched alkanes of at least 4 members (excludes halogenated alkanes) is 18. The normalized spacial score (nSPS) is 18.6. The van der Waals surface area contributed by atoms with Gasteiger partial charge in [0.05, 0.1) is 6.61 Å². The SMILES string of the molecule is CC/C=C\C/C=C\C/C=C\C/C=C\C/C=C\C/C=C\CCC(=O)OC1C(OCC(COC(=O)CCCCCCCCC/C=C\C/C=C\C/C=C\CC)OC(=O)CCCCCCC/C=C\CCCCCCCC)OC(C(=O)O)C(O)C1O. The highest BCUT2D eigenvalue weighted by atomic mass is 16.7. The van der Waals surface area contributed by atoms with Crippen LogP contribution in [0.4, 0.5) is 0 Å². The molecule has 1 aliphatic rings. The highest BCUT2D eigenvalue weighted by Crippen LogP contribution is 2.26. The Bertz CT molecular complexity index is 1870. The van der Waals surface area contributed by atoms with Gasteiger partial charge in [-0.15, -0.1) is 0 Å². The minimum absolute atomic E-state index is 0.0721. The molecule has 0 aromatic rings. The number of carboxylic acid groups (broad SMARTS) is 1. The number of aliphatic hydroxyl groups excluding tert-OH is 2. The Morgan fingerprint density at radius 3 is 1.25 bits per heavy atom. The molecular weight excluding hydrogens is 1020 g/mol. The number of allylic oxidation sites excluding steroid dienone is 20. The molecule has 3 N–H and O–H groups in total. The number of esters is 3. The number of carbonyl (C=O) groups is 4. The standard InChI is InChI=1S/C69H110O12/c1-4-7-10-13-16-19-22-25-28-30-31-33-36-39-42-45-48-51-54-57-63(72)80-67-65(74)64(73)66(68(75)76)81-69(67)78-59-60(79-62(71)56-53-50-47-44-41-38-34-27-24-21-18-15-12-9-6-3)58-77-61(70)55-52-49-46-43-40-37-35-32-29-26-23-20-17-14-11-8-5-2/h7-8,10-11,16-17,19-20,25-29,31,33-34,39,42,48,51,60,64-67,69,73-74H,4-6,9,12-15,18,21-24,30,32,35-38,40-41,43-47,49-50,52-59H2,1-3H3,(H,75,76)/b10-7-,11-8-,19-16-,20-17-,28-25-,29-26-,33-31-,34-27-,42-39-,51-48-. The summed E-state index contributed by atoms with van der Waals surface area (Å²) in [6.45, 7) is 5.72. The van der Waals surface area contributed by atoms with E-state index in [0.717, 1.165) is 128 Å². The first kappa shape index (κ1) is 74.1. The molecule has 81 heavy (non-hydrogen) atoms. The van der Waals surface area contributed by atoms with Crippen LogP contribution < -0.4 is 0 Å². The van der Waals surface area contributed by atoms with Gasteiger partial charge < -0.3 is 39.0 Å². The Labute approximate surface area is 490 Å². The molecule has 458 valence electrons. The van der Waals surface area contributed by atoms with Gasteiger partial charge in [-0.2, -0.15) is 0 Å². The van der Waals surface area contributed by atoms with Gasteiger partial charge in [-0.25, -0.2) is 4.79 Å². The predicted octanol–water partition coefficient (Wildman–Crippen LogP) is 16.8. The van der Waals surface area contributed by atoms with Crippen LogP contribution in [-0.4, -0.2) is 89.2 Å². The molecule has 12 nitrogen and oxygen atoms in total. The fourth-order valence-electron chi connectivity index (χ4n) is 8.76. The molecule has 0 aromatic heterocycles. The van der Waals surface area contributed by atoms with Gasteiger partial charge in [-0.05, 0) is 116 Å². The Morgan fingerprint density at radius 1 is 0.420 bits per heavy atom. The summed E-state index contributed by atoms with van der Waals surface area (Å²) in [6, 6.07) is 0. The van der Waals surface area contributed by atoms with Crippen LogP contribution in [0.25, 0.3) is 0 Å². The first-order valence-electron chi connectivity index (χ1n) is 31.5. The highest BCUT2D eigenvalue weighted by Gasteiger charge is 2.50. The molecule has 0 amide bonds. The molecule has 0 spiro atoms. The summed E-state index contributed by atoms with van der Waals surface area (Å²) >= 11 is 0. The first-order valence-corrected chi connectivity index (χ1v) is 31.5. The summed E-state index contributed by atoms with van der Waals surface area (Å²) in [6.07, 6.45) is 64.5. The number of aliphatic carboxylic acids is 1. The fraction of sp³-hybridized carbons (Fsp3) is 0.652. The number of hydrogen-bond acceptors (Lipinski definition) is 11. The van der Waals surface area contributed by atoms with E-state index in [1.54, 1.807) is 0 Å². The lowest BCUT2D eigenvalue weighted by Gasteiger charge is -2.40. The molecule has 1 rings (SSSR count). The minimum Gasteiger partial charge on any atom is -0.479 e. The zero-order valence-electron chi connectivity index (χ0n) is 50.5. The molecule has 1 aliphatic heterocycles. The third kappa shape index (κ3) is 45.3. The van der Waals surface area contributed by atoms with Gasteiger partial charge in [-0.1, -0.05) is 226 Å². The molecule has 1 saturated heterocycles. The zero-order valence-corrected chi connectivity index (χ0v) is 50.5. The third-order valence-corrected chi connectivity index (χ3v) is 13.5. The number of aliphatic hydroxyl groups is 2. The molecule has 0 saturated carbocycles. The van der Waals surface area contributed by atoms with E-state index in [4.69, 9.17) is 23.7 Å². The molecule has 0 aromatic carbocycles. The van der Waals surface area contributed by atoms with Crippen molar-refractivity contribution in [3.8, 4) is 0 Å². The van der Waals surface area contributed by atoms with E-state index < -0.39 is 67.3 Å². The van der Waals surface area contributed by atoms with E-state index in [1.807, 2.05) is 18.2 Å². The third-order valence-electron chi connectivity index (χ3n) is 13.5. The summed E-state index contributed by atoms with van der Waals surface area (Å²) in [7, 11) is 0. The monoisotopic (exact) mass is 1130 g/mol. The van der Waals surface area contributed by atoms with Crippen molar-refractivity contribution in [2.75, 3.05) is 13.2 Å². The Hall–Kier alpha value is -4.88. The van der Waals surface area contributed by atoms with Crippen molar-refractivity contribution in [2.45, 2.75) is 276 Å². The van der Waals surface area contributed by atoms with E-state index >= 15 is 0 Å². The molecular formula is C69H110O12. The van der Waals surface area contributed by atoms with Crippen LogP contribution in [0.5, 0.6) is 0 Å². The smallest absolute Gasteiger partial charge is 0.335 e. The van der Waals surface area contributed by atoms with Gasteiger partial charge in [0.2, 0.25) is 0 Å². The number of rotatable bonds is 52. The topological polar surface area (TPSA) is 175 Å². The zero-order chi connectivity index (χ0) is 58.9. The van der Waals surface area contributed by atoms with Crippen LogP contribution in [0.3, 0.4) is 0 Å². The van der Waals surface area contributed by atoms with Crippen LogP contribution in [0.2, 0.25) is 0 Å². The predicted molar refractivity (Wildman–Crippen MR) is 330 cm³/mol. The van der Waals surface area contributed by atoms with Gasteiger partial charge in [0.1, 0.15) is 18.8 Å². The van der Waals surface area contributed by atoms with Crippen LogP contribution in [-0.2, 0) is 42.9 Å². The average Bonchev–Trinajstić information content (AvgIpc) is 3.54. The maximum absolute atomic E-state index is 13.2. The van der Waals surface area contributed by atoms with Crippen molar-refractivity contribution >= 4 is 23.9 Å². The van der Waals surface area contributed by atoms with E-state index in [1.165, 1.54) is 44.9 Å². The van der Waals surface area contributed by atoms with Crippen molar-refractivity contribution in [1.29, 1.82) is 0 Å². The second-order valence-electron chi connectivity index (χ2n) is 20.9. The van der Waals surface area contributed by atoms with E-state index in [0.29, 0.717) is 25.7 Å². The Morgan fingerprint density at radius 2 is 0.802 bits per heavy atom. The summed E-state index contributed by atoms with van der Waals surface area (Å²) in [5, 5.41) is 31.5. The summed E-state index contributed by atoms with van der Waals surface area (Å²) in [5.41, 5.74) is 0.